The molecular weight excluding hydrogens is 410 g/mol. The molecule has 0 saturated carbocycles. The van der Waals surface area contributed by atoms with Crippen molar-refractivity contribution in [2.24, 2.45) is 0 Å². The number of halogens is 1. The molecular formula is C25H26ClN3O2. The number of rotatable bonds is 7. The van der Waals surface area contributed by atoms with Crippen molar-refractivity contribution in [2.75, 3.05) is 32.7 Å². The molecule has 0 N–H and O–H groups in total. The van der Waals surface area contributed by atoms with Crippen molar-refractivity contribution < 1.29 is 9.21 Å². The topological polar surface area (TPSA) is 49.6 Å². The predicted molar refractivity (Wildman–Crippen MR) is 124 cm³/mol. The van der Waals surface area contributed by atoms with E-state index in [0.717, 1.165) is 38.3 Å². The summed E-state index contributed by atoms with van der Waals surface area (Å²) in [7, 11) is 0. The summed E-state index contributed by atoms with van der Waals surface area (Å²) in [5, 5.41) is 0.682. The molecule has 0 spiro atoms. The van der Waals surface area contributed by atoms with Crippen LogP contribution in [0.25, 0.3) is 17.4 Å². The molecule has 5 nitrogen and oxygen atoms in total. The lowest BCUT2D eigenvalue weighted by Crippen LogP contribution is -2.48. The van der Waals surface area contributed by atoms with Gasteiger partial charge in [0.05, 0.1) is 6.20 Å². The molecule has 31 heavy (non-hydrogen) atoms. The molecule has 0 aliphatic carbocycles. The van der Waals surface area contributed by atoms with Gasteiger partial charge in [-0.3, -0.25) is 9.69 Å². The maximum absolute atomic E-state index is 12.6. The Balaban J connectivity index is 1.20. The number of carbonyl (C=O) groups excluding carboxylic acids is 1. The molecule has 2 heterocycles. The molecule has 0 radical (unpaired) electrons. The highest BCUT2D eigenvalue weighted by Gasteiger charge is 2.20. The number of hydrogen-bond donors (Lipinski definition) is 0. The maximum atomic E-state index is 12.6. The molecule has 1 aromatic heterocycles. The fourth-order valence-electron chi connectivity index (χ4n) is 3.63. The molecule has 1 amide bonds. The number of piperazine rings is 1. The zero-order valence-corrected chi connectivity index (χ0v) is 18.2. The summed E-state index contributed by atoms with van der Waals surface area (Å²) in [5.74, 6) is 1.44. The van der Waals surface area contributed by atoms with Crippen molar-refractivity contribution in [1.29, 1.82) is 0 Å². The molecule has 6 heteroatoms. The van der Waals surface area contributed by atoms with Crippen LogP contribution in [0.5, 0.6) is 0 Å². The second-order valence-electron chi connectivity index (χ2n) is 7.62. The lowest BCUT2D eigenvalue weighted by atomic mass is 10.2. The number of carbonyl (C=O) groups is 1. The molecule has 1 aliphatic rings. The van der Waals surface area contributed by atoms with Crippen LogP contribution in [-0.4, -0.2) is 53.4 Å². The smallest absolute Gasteiger partial charge is 0.223 e. The minimum atomic E-state index is 0.158. The van der Waals surface area contributed by atoms with E-state index in [1.54, 1.807) is 6.20 Å². The largest absolute Gasteiger partial charge is 0.441 e. The summed E-state index contributed by atoms with van der Waals surface area (Å²) < 4.78 is 5.80. The van der Waals surface area contributed by atoms with E-state index in [-0.39, 0.29) is 5.91 Å². The average Bonchev–Trinajstić information content (AvgIpc) is 3.28. The second-order valence-corrected chi connectivity index (χ2v) is 8.06. The molecule has 1 aliphatic heterocycles. The highest BCUT2D eigenvalue weighted by molar-refractivity contribution is 6.30. The van der Waals surface area contributed by atoms with Crippen molar-refractivity contribution in [1.82, 2.24) is 14.8 Å². The Labute approximate surface area is 187 Å². The second kappa shape index (κ2) is 10.4. The molecule has 1 saturated heterocycles. The molecule has 1 fully saturated rings. The van der Waals surface area contributed by atoms with Gasteiger partial charge in [0.25, 0.3) is 0 Å². The lowest BCUT2D eigenvalue weighted by Gasteiger charge is -2.34. The molecule has 2 aromatic carbocycles. The van der Waals surface area contributed by atoms with Gasteiger partial charge in [-0.15, -0.1) is 0 Å². The Bertz CT molecular complexity index is 1010. The van der Waals surface area contributed by atoms with Gasteiger partial charge in [0.2, 0.25) is 5.91 Å². The van der Waals surface area contributed by atoms with Crippen LogP contribution >= 0.6 is 11.6 Å². The Morgan fingerprint density at radius 2 is 1.77 bits per heavy atom. The molecule has 0 atom stereocenters. The average molecular weight is 436 g/mol. The molecule has 0 bridgehead atoms. The van der Waals surface area contributed by atoms with E-state index in [4.69, 9.17) is 16.0 Å². The third-order valence-corrected chi connectivity index (χ3v) is 5.69. The number of oxazole rings is 1. The fraction of sp³-hybridized carbons (Fsp3) is 0.280. The van der Waals surface area contributed by atoms with Gasteiger partial charge < -0.3 is 9.32 Å². The number of benzene rings is 2. The van der Waals surface area contributed by atoms with E-state index >= 15 is 0 Å². The van der Waals surface area contributed by atoms with E-state index in [1.165, 1.54) is 5.56 Å². The fourth-order valence-corrected chi connectivity index (χ4v) is 3.75. The number of amides is 1. The van der Waals surface area contributed by atoms with E-state index in [2.05, 4.69) is 34.2 Å². The first-order valence-electron chi connectivity index (χ1n) is 10.6. The van der Waals surface area contributed by atoms with Crippen LogP contribution in [0.1, 0.15) is 17.9 Å². The van der Waals surface area contributed by atoms with Crippen LogP contribution in [0, 0.1) is 0 Å². The summed E-state index contributed by atoms with van der Waals surface area (Å²) in [5.41, 5.74) is 2.13. The Hall–Kier alpha value is -2.89. The van der Waals surface area contributed by atoms with E-state index in [1.807, 2.05) is 47.4 Å². The number of hydrogen-bond acceptors (Lipinski definition) is 4. The van der Waals surface area contributed by atoms with Gasteiger partial charge in [-0.1, -0.05) is 54.1 Å². The molecule has 3 aromatic rings. The first-order valence-corrected chi connectivity index (χ1v) is 11.0. The summed E-state index contributed by atoms with van der Waals surface area (Å²) in [6.07, 6.45) is 6.95. The minimum absolute atomic E-state index is 0.158. The van der Waals surface area contributed by atoms with Crippen LogP contribution in [0.4, 0.5) is 0 Å². The van der Waals surface area contributed by atoms with Gasteiger partial charge in [0.1, 0.15) is 0 Å². The van der Waals surface area contributed by atoms with Crippen LogP contribution in [-0.2, 0) is 11.2 Å². The highest BCUT2D eigenvalue weighted by atomic mass is 35.5. The predicted octanol–water partition coefficient (Wildman–Crippen LogP) is 4.79. The minimum Gasteiger partial charge on any atom is -0.441 e. The number of nitrogens with zero attached hydrogens (tertiary/aromatic N) is 3. The van der Waals surface area contributed by atoms with Crippen molar-refractivity contribution in [3.8, 4) is 11.3 Å². The van der Waals surface area contributed by atoms with Crippen LogP contribution in [0.3, 0.4) is 0 Å². The van der Waals surface area contributed by atoms with Gasteiger partial charge in [-0.05, 0) is 29.8 Å². The first kappa shape index (κ1) is 21.3. The quantitative estimate of drug-likeness (QED) is 0.535. The Morgan fingerprint density at radius 3 is 2.52 bits per heavy atom. The Kier molecular flexibility index (Phi) is 7.18. The van der Waals surface area contributed by atoms with Crippen LogP contribution < -0.4 is 0 Å². The maximum Gasteiger partial charge on any atom is 0.223 e. The van der Waals surface area contributed by atoms with Crippen molar-refractivity contribution in [3.63, 3.8) is 0 Å². The number of aromatic nitrogens is 1. The van der Waals surface area contributed by atoms with Crippen molar-refractivity contribution in [2.45, 2.75) is 12.8 Å². The molecule has 4 rings (SSSR count). The summed E-state index contributed by atoms with van der Waals surface area (Å²) in [4.78, 5) is 21.2. The zero-order chi connectivity index (χ0) is 21.5. The van der Waals surface area contributed by atoms with Crippen molar-refractivity contribution >= 4 is 23.6 Å². The van der Waals surface area contributed by atoms with E-state index in [9.17, 15) is 4.79 Å². The third-order valence-electron chi connectivity index (χ3n) is 5.43. The zero-order valence-electron chi connectivity index (χ0n) is 17.4. The van der Waals surface area contributed by atoms with Gasteiger partial charge in [0, 0.05) is 56.2 Å². The Morgan fingerprint density at radius 1 is 1.03 bits per heavy atom. The summed E-state index contributed by atoms with van der Waals surface area (Å²) >= 11 is 5.93. The third kappa shape index (κ3) is 6.06. The van der Waals surface area contributed by atoms with Gasteiger partial charge >= 0.3 is 0 Å². The summed E-state index contributed by atoms with van der Waals surface area (Å²) in [6, 6.07) is 17.7. The molecule has 160 valence electrons. The highest BCUT2D eigenvalue weighted by Crippen LogP contribution is 2.22. The standard InChI is InChI=1S/C25H26ClN3O2/c26-22-10-8-21(9-11-22)23-19-27-24(31-23)12-13-25(30)29-17-15-28(16-18-29)14-4-7-20-5-2-1-3-6-20/h1-11,19H,12-18H2/b7-4+. The van der Waals surface area contributed by atoms with Crippen molar-refractivity contribution in [3.05, 3.63) is 83.3 Å². The van der Waals surface area contributed by atoms with E-state index < -0.39 is 0 Å². The monoisotopic (exact) mass is 435 g/mol. The van der Waals surface area contributed by atoms with Crippen LogP contribution in [0.15, 0.2) is 71.3 Å². The number of aryl methyl sites for hydroxylation is 1. The van der Waals surface area contributed by atoms with Crippen LogP contribution in [0.2, 0.25) is 5.02 Å². The van der Waals surface area contributed by atoms with Gasteiger partial charge in [-0.25, -0.2) is 4.98 Å². The van der Waals surface area contributed by atoms with Gasteiger partial charge in [0.15, 0.2) is 11.7 Å². The molecule has 0 unspecified atom stereocenters. The summed E-state index contributed by atoms with van der Waals surface area (Å²) in [6.45, 7) is 4.22. The first-order chi connectivity index (χ1) is 15.2. The van der Waals surface area contributed by atoms with Gasteiger partial charge in [-0.2, -0.15) is 0 Å². The SMILES string of the molecule is O=C(CCc1ncc(-c2ccc(Cl)cc2)o1)N1CCN(C/C=C/c2ccccc2)CC1. The van der Waals surface area contributed by atoms with E-state index in [0.29, 0.717) is 29.5 Å². The lowest BCUT2D eigenvalue weighted by molar-refractivity contribution is -0.132. The normalized spacial score (nSPS) is 14.9.